The van der Waals surface area contributed by atoms with Crippen molar-refractivity contribution >= 4 is 11.6 Å². The van der Waals surface area contributed by atoms with Gasteiger partial charge in [-0.15, -0.1) is 0 Å². The number of hydrogen-bond acceptors (Lipinski definition) is 4. The van der Waals surface area contributed by atoms with Gasteiger partial charge in [0, 0.05) is 17.2 Å². The summed E-state index contributed by atoms with van der Waals surface area (Å²) in [7, 11) is 0. The van der Waals surface area contributed by atoms with E-state index in [2.05, 4.69) is 38.9 Å². The molecular weight excluding hydrogens is 404 g/mol. The maximum absolute atomic E-state index is 13.5. The monoisotopic (exact) mass is 429 g/mol. The minimum absolute atomic E-state index is 0.0646. The number of anilines is 1. The molecule has 164 valence electrons. The van der Waals surface area contributed by atoms with Crippen LogP contribution in [-0.2, 0) is 10.2 Å². The standard InChI is InChI=1S/C22H25F2N5O2/c1-13(2)16-6-4-5-7-17(16)22(10-15(11-22)12-26-29-25)20(30)28-18-9-8-14(3)27-19(18)31-21(23)24/h4-9,13,15,21H,10-12H2,1-3H3,(H,28,30). The Morgan fingerprint density at radius 1 is 1.32 bits per heavy atom. The molecule has 0 spiro atoms. The Morgan fingerprint density at radius 2 is 2.03 bits per heavy atom. The van der Waals surface area contributed by atoms with Crippen LogP contribution in [0.4, 0.5) is 14.5 Å². The zero-order chi connectivity index (χ0) is 22.6. The van der Waals surface area contributed by atoms with Crippen molar-refractivity contribution in [2.45, 2.75) is 51.6 Å². The number of carbonyl (C=O) groups is 1. The molecule has 1 aromatic carbocycles. The number of amides is 1. The van der Waals surface area contributed by atoms with E-state index < -0.39 is 12.0 Å². The number of ether oxygens (including phenoxy) is 1. The van der Waals surface area contributed by atoms with E-state index in [0.29, 0.717) is 25.1 Å². The molecule has 0 saturated heterocycles. The number of hydrogen-bond donors (Lipinski definition) is 1. The molecule has 7 nitrogen and oxygen atoms in total. The van der Waals surface area contributed by atoms with Crippen molar-refractivity contribution in [2.24, 2.45) is 11.0 Å². The van der Waals surface area contributed by atoms with Gasteiger partial charge in [0.25, 0.3) is 0 Å². The summed E-state index contributed by atoms with van der Waals surface area (Å²) in [6, 6.07) is 10.9. The van der Waals surface area contributed by atoms with Gasteiger partial charge in [-0.1, -0.05) is 43.2 Å². The lowest BCUT2D eigenvalue weighted by atomic mass is 9.56. The Kier molecular flexibility index (Phi) is 6.75. The minimum atomic E-state index is -3.06. The van der Waals surface area contributed by atoms with Crippen LogP contribution < -0.4 is 10.1 Å². The summed E-state index contributed by atoms with van der Waals surface area (Å²) in [5.74, 6) is -0.381. The largest absolute Gasteiger partial charge is 0.415 e. The van der Waals surface area contributed by atoms with Crippen LogP contribution in [0, 0.1) is 12.8 Å². The first-order valence-corrected chi connectivity index (χ1v) is 10.1. The van der Waals surface area contributed by atoms with Gasteiger partial charge >= 0.3 is 6.61 Å². The van der Waals surface area contributed by atoms with Crippen LogP contribution in [0.1, 0.15) is 49.4 Å². The van der Waals surface area contributed by atoms with E-state index in [1.54, 1.807) is 13.0 Å². The lowest BCUT2D eigenvalue weighted by molar-refractivity contribution is -0.126. The van der Waals surface area contributed by atoms with Crippen molar-refractivity contribution in [1.82, 2.24) is 4.98 Å². The van der Waals surface area contributed by atoms with Gasteiger partial charge in [0.05, 0.1) is 5.41 Å². The molecule has 1 aliphatic carbocycles. The van der Waals surface area contributed by atoms with Crippen LogP contribution in [0.5, 0.6) is 5.88 Å². The maximum atomic E-state index is 13.5. The number of pyridine rings is 1. The topological polar surface area (TPSA) is 100.0 Å². The van der Waals surface area contributed by atoms with Crippen LogP contribution in [-0.4, -0.2) is 24.0 Å². The number of benzene rings is 1. The fourth-order valence-electron chi connectivity index (χ4n) is 4.21. The van der Waals surface area contributed by atoms with Crippen LogP contribution in [0.25, 0.3) is 10.4 Å². The maximum Gasteiger partial charge on any atom is 0.388 e. The molecule has 1 fully saturated rings. The van der Waals surface area contributed by atoms with Gasteiger partial charge in [0.1, 0.15) is 5.69 Å². The highest BCUT2D eigenvalue weighted by atomic mass is 19.3. The van der Waals surface area contributed by atoms with Crippen molar-refractivity contribution in [1.29, 1.82) is 0 Å². The summed E-state index contributed by atoms with van der Waals surface area (Å²) < 4.78 is 30.2. The summed E-state index contributed by atoms with van der Waals surface area (Å²) in [5.41, 5.74) is 10.3. The molecule has 0 bridgehead atoms. The molecule has 0 atom stereocenters. The molecule has 0 aliphatic heterocycles. The molecule has 1 aromatic heterocycles. The van der Waals surface area contributed by atoms with Crippen molar-refractivity contribution in [3.63, 3.8) is 0 Å². The van der Waals surface area contributed by atoms with E-state index >= 15 is 0 Å². The van der Waals surface area contributed by atoms with E-state index in [0.717, 1.165) is 11.1 Å². The summed E-state index contributed by atoms with van der Waals surface area (Å²) in [6.07, 6.45) is 0.984. The molecule has 0 unspecified atom stereocenters. The second-order valence-electron chi connectivity index (χ2n) is 8.15. The normalized spacial score (nSPS) is 20.2. The third-order valence-electron chi connectivity index (χ3n) is 5.66. The smallest absolute Gasteiger partial charge is 0.388 e. The molecule has 1 saturated carbocycles. The lowest BCUT2D eigenvalue weighted by Crippen LogP contribution is -2.52. The quantitative estimate of drug-likeness (QED) is 0.330. The van der Waals surface area contributed by atoms with E-state index in [4.69, 9.17) is 5.53 Å². The van der Waals surface area contributed by atoms with Crippen LogP contribution in [0.2, 0.25) is 0 Å². The summed E-state index contributed by atoms with van der Waals surface area (Å²) in [4.78, 5) is 20.4. The molecule has 9 heteroatoms. The van der Waals surface area contributed by atoms with Gasteiger partial charge in [0.15, 0.2) is 0 Å². The van der Waals surface area contributed by atoms with Gasteiger partial charge in [-0.25, -0.2) is 4.98 Å². The van der Waals surface area contributed by atoms with Gasteiger partial charge in [0.2, 0.25) is 11.8 Å². The van der Waals surface area contributed by atoms with Crippen molar-refractivity contribution in [3.8, 4) is 5.88 Å². The Bertz CT molecular complexity index is 999. The minimum Gasteiger partial charge on any atom is -0.415 e. The number of halogens is 2. The number of nitrogens with one attached hydrogen (secondary N) is 1. The molecule has 0 radical (unpaired) electrons. The zero-order valence-electron chi connectivity index (χ0n) is 17.7. The van der Waals surface area contributed by atoms with E-state index in [1.165, 1.54) is 6.07 Å². The first-order valence-electron chi connectivity index (χ1n) is 10.1. The summed E-state index contributed by atoms with van der Waals surface area (Å²) in [6.45, 7) is 3.01. The second kappa shape index (κ2) is 9.31. The van der Waals surface area contributed by atoms with Crippen molar-refractivity contribution in [3.05, 3.63) is 63.7 Å². The van der Waals surface area contributed by atoms with Crippen molar-refractivity contribution in [2.75, 3.05) is 11.9 Å². The molecule has 3 rings (SSSR count). The first-order chi connectivity index (χ1) is 14.8. The number of azide groups is 1. The average molecular weight is 429 g/mol. The highest BCUT2D eigenvalue weighted by Crippen LogP contribution is 2.51. The molecule has 31 heavy (non-hydrogen) atoms. The third kappa shape index (κ3) is 4.77. The molecule has 1 heterocycles. The lowest BCUT2D eigenvalue weighted by Gasteiger charge is -2.47. The zero-order valence-corrected chi connectivity index (χ0v) is 17.7. The highest BCUT2D eigenvalue weighted by molar-refractivity contribution is 6.01. The number of alkyl halides is 2. The van der Waals surface area contributed by atoms with Crippen molar-refractivity contribution < 1.29 is 18.3 Å². The first kappa shape index (κ1) is 22.5. The fourth-order valence-corrected chi connectivity index (χ4v) is 4.21. The molecule has 1 aliphatic rings. The van der Waals surface area contributed by atoms with Crippen LogP contribution in [0.15, 0.2) is 41.5 Å². The Labute approximate surface area is 179 Å². The molecular formula is C22H25F2N5O2. The molecule has 2 aromatic rings. The van der Waals surface area contributed by atoms with Crippen LogP contribution >= 0.6 is 0 Å². The fraction of sp³-hybridized carbons (Fsp3) is 0.455. The average Bonchev–Trinajstić information content (AvgIpc) is 2.69. The number of aryl methyl sites for hydroxylation is 1. The number of rotatable bonds is 8. The Hall–Kier alpha value is -3.19. The SMILES string of the molecule is Cc1ccc(NC(=O)C2(c3ccccc3C(C)C)CC(CN=[N+]=[N-])C2)c(OC(F)F)n1. The third-order valence-corrected chi connectivity index (χ3v) is 5.66. The summed E-state index contributed by atoms with van der Waals surface area (Å²) in [5, 5.41) is 6.41. The van der Waals surface area contributed by atoms with Gasteiger partial charge in [-0.05, 0) is 60.4 Å². The summed E-state index contributed by atoms with van der Waals surface area (Å²) >= 11 is 0. The number of nitrogens with zero attached hydrogens (tertiary/aromatic N) is 4. The van der Waals surface area contributed by atoms with E-state index in [9.17, 15) is 13.6 Å². The Balaban J connectivity index is 1.97. The van der Waals surface area contributed by atoms with Gasteiger partial charge < -0.3 is 10.1 Å². The second-order valence-corrected chi connectivity index (χ2v) is 8.15. The Morgan fingerprint density at radius 3 is 2.68 bits per heavy atom. The van der Waals surface area contributed by atoms with Gasteiger partial charge in [-0.3, -0.25) is 4.79 Å². The molecule has 1 N–H and O–H groups in total. The highest BCUT2D eigenvalue weighted by Gasteiger charge is 2.52. The van der Waals surface area contributed by atoms with Crippen LogP contribution in [0.3, 0.4) is 0 Å². The van der Waals surface area contributed by atoms with E-state index in [1.807, 2.05) is 24.3 Å². The van der Waals surface area contributed by atoms with Gasteiger partial charge in [-0.2, -0.15) is 8.78 Å². The predicted molar refractivity (Wildman–Crippen MR) is 113 cm³/mol. The molecule has 1 amide bonds. The number of carbonyl (C=O) groups excluding carboxylic acids is 1. The predicted octanol–water partition coefficient (Wildman–Crippen LogP) is 5.71. The number of aromatic nitrogens is 1. The van der Waals surface area contributed by atoms with E-state index in [-0.39, 0.29) is 29.3 Å².